The van der Waals surface area contributed by atoms with Crippen LogP contribution in [0.3, 0.4) is 0 Å². The Balaban J connectivity index is 1.81. The summed E-state index contributed by atoms with van der Waals surface area (Å²) >= 11 is 0. The van der Waals surface area contributed by atoms with Crippen molar-refractivity contribution >= 4 is 11.9 Å². The number of hydrogen-bond acceptors (Lipinski definition) is 3. The minimum atomic E-state index is -0.820. The van der Waals surface area contributed by atoms with Crippen LogP contribution >= 0.6 is 0 Å². The smallest absolute Gasteiger partial charge is 0.308 e. The van der Waals surface area contributed by atoms with Crippen molar-refractivity contribution in [3.63, 3.8) is 0 Å². The van der Waals surface area contributed by atoms with Crippen molar-refractivity contribution in [3.05, 3.63) is 47.3 Å². The summed E-state index contributed by atoms with van der Waals surface area (Å²) in [7, 11) is 0. The summed E-state index contributed by atoms with van der Waals surface area (Å²) in [5, 5.41) is 13.9. The topological polar surface area (TPSA) is 75.4 Å². The molecule has 1 fully saturated rings. The number of piperidine rings is 1. The lowest BCUT2D eigenvalue weighted by molar-refractivity contribution is -0.147. The van der Waals surface area contributed by atoms with Gasteiger partial charge in [0.1, 0.15) is 0 Å². The lowest BCUT2D eigenvalue weighted by atomic mass is 9.93. The fraction of sp³-hybridized carbons (Fsp3) is 0.450. The number of benzene rings is 1. The van der Waals surface area contributed by atoms with Gasteiger partial charge in [-0.1, -0.05) is 18.2 Å². The SMILES string of the molecule is Cc1nn(-c2ccccc2)c(C)c1CC(=O)N1CC(C(=O)O)CCC1C. The number of hydrogen-bond donors (Lipinski definition) is 1. The quantitative estimate of drug-likeness (QED) is 0.915. The number of para-hydroxylation sites is 1. The van der Waals surface area contributed by atoms with Gasteiger partial charge in [0.05, 0.1) is 23.7 Å². The second-order valence-electron chi connectivity index (χ2n) is 7.08. The highest BCUT2D eigenvalue weighted by atomic mass is 16.4. The molecule has 2 atom stereocenters. The first-order chi connectivity index (χ1) is 12.4. The van der Waals surface area contributed by atoms with Crippen LogP contribution in [0.1, 0.15) is 36.7 Å². The van der Waals surface area contributed by atoms with Gasteiger partial charge in [-0.2, -0.15) is 5.10 Å². The van der Waals surface area contributed by atoms with Crippen LogP contribution in [0, 0.1) is 19.8 Å². The van der Waals surface area contributed by atoms with E-state index in [0.717, 1.165) is 29.1 Å². The number of aliphatic carboxylic acids is 1. The highest BCUT2D eigenvalue weighted by molar-refractivity contribution is 5.81. The summed E-state index contributed by atoms with van der Waals surface area (Å²) in [6.45, 7) is 6.16. The van der Waals surface area contributed by atoms with Crippen LogP contribution in [0.4, 0.5) is 0 Å². The highest BCUT2D eigenvalue weighted by Gasteiger charge is 2.33. The van der Waals surface area contributed by atoms with E-state index in [2.05, 4.69) is 5.10 Å². The number of carboxylic acid groups (broad SMARTS) is 1. The molecule has 2 heterocycles. The molecule has 6 heteroatoms. The van der Waals surface area contributed by atoms with E-state index in [0.29, 0.717) is 13.0 Å². The van der Waals surface area contributed by atoms with Crippen molar-refractivity contribution in [1.29, 1.82) is 0 Å². The van der Waals surface area contributed by atoms with Gasteiger partial charge in [0.25, 0.3) is 0 Å². The first-order valence-corrected chi connectivity index (χ1v) is 9.01. The molecular formula is C20H25N3O3. The Hall–Kier alpha value is -2.63. The average molecular weight is 355 g/mol. The molecule has 1 aromatic carbocycles. The Labute approximate surface area is 153 Å². The third-order valence-corrected chi connectivity index (χ3v) is 5.32. The Morgan fingerprint density at radius 2 is 1.88 bits per heavy atom. The molecule has 2 unspecified atom stereocenters. The summed E-state index contributed by atoms with van der Waals surface area (Å²) in [4.78, 5) is 25.9. The second-order valence-corrected chi connectivity index (χ2v) is 7.08. The highest BCUT2D eigenvalue weighted by Crippen LogP contribution is 2.25. The molecule has 0 aliphatic carbocycles. The predicted molar refractivity (Wildman–Crippen MR) is 98.3 cm³/mol. The third-order valence-electron chi connectivity index (χ3n) is 5.32. The number of carbonyl (C=O) groups is 2. The predicted octanol–water partition coefficient (Wildman–Crippen LogP) is 2.74. The fourth-order valence-electron chi connectivity index (χ4n) is 3.66. The zero-order chi connectivity index (χ0) is 18.8. The summed E-state index contributed by atoms with van der Waals surface area (Å²) in [5.41, 5.74) is 3.66. The number of aryl methyl sites for hydroxylation is 1. The van der Waals surface area contributed by atoms with E-state index >= 15 is 0 Å². The van der Waals surface area contributed by atoms with Crippen LogP contribution in [-0.4, -0.2) is 44.3 Å². The van der Waals surface area contributed by atoms with E-state index in [1.165, 1.54) is 0 Å². The van der Waals surface area contributed by atoms with Gasteiger partial charge in [-0.15, -0.1) is 0 Å². The number of aromatic nitrogens is 2. The zero-order valence-electron chi connectivity index (χ0n) is 15.5. The van der Waals surface area contributed by atoms with Gasteiger partial charge in [-0.05, 0) is 45.7 Å². The van der Waals surface area contributed by atoms with Gasteiger partial charge < -0.3 is 10.0 Å². The first kappa shape index (κ1) is 18.2. The van der Waals surface area contributed by atoms with Gasteiger partial charge in [0.15, 0.2) is 0 Å². The fourth-order valence-corrected chi connectivity index (χ4v) is 3.66. The molecule has 1 aliphatic heterocycles. The van der Waals surface area contributed by atoms with Crippen molar-refractivity contribution in [3.8, 4) is 5.69 Å². The number of nitrogens with zero attached hydrogens (tertiary/aromatic N) is 3. The Morgan fingerprint density at radius 3 is 2.54 bits per heavy atom. The molecule has 1 amide bonds. The lowest BCUT2D eigenvalue weighted by Gasteiger charge is -2.36. The average Bonchev–Trinajstić information content (AvgIpc) is 2.90. The molecular weight excluding hydrogens is 330 g/mol. The maximum Gasteiger partial charge on any atom is 0.308 e. The maximum absolute atomic E-state index is 12.9. The van der Waals surface area contributed by atoms with Crippen molar-refractivity contribution < 1.29 is 14.7 Å². The summed E-state index contributed by atoms with van der Waals surface area (Å²) in [6, 6.07) is 9.90. The molecule has 1 aromatic heterocycles. The van der Waals surface area contributed by atoms with Gasteiger partial charge in [0.2, 0.25) is 5.91 Å². The number of amides is 1. The normalized spacial score (nSPS) is 20.2. The minimum Gasteiger partial charge on any atom is -0.481 e. The van der Waals surface area contributed by atoms with Gasteiger partial charge >= 0.3 is 5.97 Å². The van der Waals surface area contributed by atoms with Gasteiger partial charge in [0, 0.05) is 23.8 Å². The molecule has 0 radical (unpaired) electrons. The van der Waals surface area contributed by atoms with Crippen molar-refractivity contribution in [2.75, 3.05) is 6.54 Å². The van der Waals surface area contributed by atoms with E-state index in [-0.39, 0.29) is 18.4 Å². The number of likely N-dealkylation sites (tertiary alicyclic amines) is 1. The first-order valence-electron chi connectivity index (χ1n) is 9.01. The van der Waals surface area contributed by atoms with Gasteiger partial charge in [-0.3, -0.25) is 9.59 Å². The standard InChI is InChI=1S/C20H25N3O3/c1-13-9-10-16(20(25)26)12-22(13)19(24)11-18-14(2)21-23(15(18)3)17-7-5-4-6-8-17/h4-8,13,16H,9-12H2,1-3H3,(H,25,26). The van der Waals surface area contributed by atoms with E-state index < -0.39 is 11.9 Å². The van der Waals surface area contributed by atoms with E-state index in [9.17, 15) is 14.7 Å². The molecule has 2 aromatic rings. The Morgan fingerprint density at radius 1 is 1.19 bits per heavy atom. The summed E-state index contributed by atoms with van der Waals surface area (Å²) < 4.78 is 1.86. The maximum atomic E-state index is 12.9. The van der Waals surface area contributed by atoms with Gasteiger partial charge in [-0.25, -0.2) is 4.68 Å². The van der Waals surface area contributed by atoms with Crippen LogP contribution in [0.25, 0.3) is 5.69 Å². The van der Waals surface area contributed by atoms with Crippen molar-refractivity contribution in [2.24, 2.45) is 5.92 Å². The largest absolute Gasteiger partial charge is 0.481 e. The lowest BCUT2D eigenvalue weighted by Crippen LogP contribution is -2.48. The molecule has 0 saturated carbocycles. The van der Waals surface area contributed by atoms with Crippen LogP contribution < -0.4 is 0 Å². The molecule has 138 valence electrons. The Kier molecular flexibility index (Phi) is 5.11. The molecule has 0 bridgehead atoms. The number of carbonyl (C=O) groups excluding carboxylic acids is 1. The van der Waals surface area contributed by atoms with E-state index in [1.54, 1.807) is 4.90 Å². The van der Waals surface area contributed by atoms with Crippen LogP contribution in [0.2, 0.25) is 0 Å². The molecule has 1 N–H and O–H groups in total. The van der Waals surface area contributed by atoms with Crippen molar-refractivity contribution in [2.45, 2.75) is 46.1 Å². The second kappa shape index (κ2) is 7.32. The zero-order valence-corrected chi connectivity index (χ0v) is 15.5. The van der Waals surface area contributed by atoms with Crippen molar-refractivity contribution in [1.82, 2.24) is 14.7 Å². The molecule has 6 nitrogen and oxygen atoms in total. The minimum absolute atomic E-state index is 0.0257. The summed E-state index contributed by atoms with van der Waals surface area (Å²) in [6.07, 6.45) is 1.61. The van der Waals surface area contributed by atoms with Crippen LogP contribution in [0.5, 0.6) is 0 Å². The molecule has 1 aliphatic rings. The molecule has 26 heavy (non-hydrogen) atoms. The summed E-state index contributed by atoms with van der Waals surface area (Å²) in [5.74, 6) is -1.31. The molecule has 0 spiro atoms. The Bertz CT molecular complexity index is 813. The van der Waals surface area contributed by atoms with Crippen LogP contribution in [-0.2, 0) is 16.0 Å². The molecule has 1 saturated heterocycles. The van der Waals surface area contributed by atoms with Crippen LogP contribution in [0.15, 0.2) is 30.3 Å². The third kappa shape index (κ3) is 3.49. The molecule has 3 rings (SSSR count). The monoisotopic (exact) mass is 355 g/mol. The van der Waals surface area contributed by atoms with E-state index in [4.69, 9.17) is 0 Å². The number of rotatable bonds is 4. The number of carboxylic acids is 1. The van der Waals surface area contributed by atoms with E-state index in [1.807, 2.05) is 55.8 Å².